The van der Waals surface area contributed by atoms with Crippen LogP contribution < -0.4 is 5.32 Å². The summed E-state index contributed by atoms with van der Waals surface area (Å²) in [5.74, 6) is 1.62. The zero-order valence-electron chi connectivity index (χ0n) is 14.7. The Bertz CT molecular complexity index is 580. The van der Waals surface area contributed by atoms with E-state index in [1.54, 1.807) is 6.26 Å². The quantitative estimate of drug-likeness (QED) is 0.678. The molecule has 0 bridgehead atoms. The Balaban J connectivity index is 1.49. The molecule has 3 fully saturated rings. The summed E-state index contributed by atoms with van der Waals surface area (Å²) >= 11 is 0. The molecule has 2 saturated carbocycles. The molecule has 1 N–H and O–H groups in total. The lowest BCUT2D eigenvalue weighted by Gasteiger charge is -2.57. The topological polar surface area (TPSA) is 62.9 Å². The molecule has 1 spiro atoms. The van der Waals surface area contributed by atoms with E-state index in [1.165, 1.54) is 32.1 Å². The lowest BCUT2D eigenvalue weighted by Crippen LogP contribution is -2.69. The number of nitrogens with one attached hydrogen (secondary N) is 1. The van der Waals surface area contributed by atoms with Gasteiger partial charge in [0.15, 0.2) is 5.96 Å². The van der Waals surface area contributed by atoms with Crippen molar-refractivity contribution in [2.45, 2.75) is 57.7 Å². The zero-order chi connectivity index (χ0) is 16.6. The molecule has 0 amide bonds. The van der Waals surface area contributed by atoms with Gasteiger partial charge in [0, 0.05) is 43.6 Å². The average molecular weight is 332 g/mol. The molecule has 4 rings (SSSR count). The zero-order valence-corrected chi connectivity index (χ0v) is 14.7. The molecule has 3 aliphatic rings. The summed E-state index contributed by atoms with van der Waals surface area (Å²) in [6.45, 7) is 4.48. The Hall–Kier alpha value is -1.56. The molecule has 2 aliphatic carbocycles. The van der Waals surface area contributed by atoms with Gasteiger partial charge in [-0.1, -0.05) is 18.0 Å². The van der Waals surface area contributed by atoms with Crippen LogP contribution in [-0.4, -0.2) is 48.4 Å². The molecule has 3 atom stereocenters. The number of fused-ring (bicyclic) bond motifs is 2. The molecule has 1 saturated heterocycles. The minimum absolute atomic E-state index is 0.338. The first-order valence-corrected chi connectivity index (χ1v) is 9.27. The largest absolute Gasteiger partial charge is 0.377 e. The lowest BCUT2D eigenvalue weighted by molar-refractivity contribution is -0.125. The van der Waals surface area contributed by atoms with Crippen LogP contribution in [0.4, 0.5) is 0 Å². The highest BCUT2D eigenvalue weighted by molar-refractivity contribution is 5.80. The van der Waals surface area contributed by atoms with E-state index in [4.69, 9.17) is 14.3 Å². The van der Waals surface area contributed by atoms with E-state index >= 15 is 0 Å². The minimum Gasteiger partial charge on any atom is -0.377 e. The smallest absolute Gasteiger partial charge is 0.194 e. The van der Waals surface area contributed by atoms with E-state index in [-0.39, 0.29) is 0 Å². The van der Waals surface area contributed by atoms with Gasteiger partial charge >= 0.3 is 0 Å². The Morgan fingerprint density at radius 1 is 1.46 bits per heavy atom. The van der Waals surface area contributed by atoms with Gasteiger partial charge in [0.05, 0.1) is 12.6 Å². The van der Waals surface area contributed by atoms with Gasteiger partial charge in [-0.25, -0.2) is 0 Å². The maximum absolute atomic E-state index is 6.09. The summed E-state index contributed by atoms with van der Waals surface area (Å²) in [4.78, 5) is 6.87. The summed E-state index contributed by atoms with van der Waals surface area (Å²) < 4.78 is 11.0. The molecule has 0 aromatic carbocycles. The normalized spacial score (nSPS) is 31.1. The van der Waals surface area contributed by atoms with Gasteiger partial charge in [0.1, 0.15) is 12.0 Å². The van der Waals surface area contributed by atoms with Crippen molar-refractivity contribution >= 4 is 5.96 Å². The Labute approximate surface area is 143 Å². The number of hydrogen-bond acceptors (Lipinski definition) is 4. The molecule has 2 heterocycles. The second-order valence-corrected chi connectivity index (χ2v) is 7.45. The van der Waals surface area contributed by atoms with Crippen LogP contribution >= 0.6 is 0 Å². The highest BCUT2D eigenvalue weighted by Crippen LogP contribution is 2.60. The summed E-state index contributed by atoms with van der Waals surface area (Å²) in [7, 11) is 2.07. The van der Waals surface area contributed by atoms with Crippen LogP contribution in [-0.2, 0) is 11.3 Å². The first kappa shape index (κ1) is 15.9. The predicted molar refractivity (Wildman–Crippen MR) is 91.6 cm³/mol. The standard InChI is InChI=1S/C18H28N4O2/c1-3-19-17(22(2)12-13-6-11-24-21-13)20-15-14-7-10-23-16(14)18(15)8-4-5-9-18/h6,11,14-16H,3-5,7-10,12H2,1-2H3,(H,19,20). The fraction of sp³-hybridized carbons (Fsp3) is 0.778. The van der Waals surface area contributed by atoms with Gasteiger partial charge in [-0.15, -0.1) is 0 Å². The van der Waals surface area contributed by atoms with E-state index in [0.29, 0.717) is 30.0 Å². The molecule has 6 nitrogen and oxygen atoms in total. The first-order chi connectivity index (χ1) is 11.7. The predicted octanol–water partition coefficient (Wildman–Crippen LogP) is 2.42. The van der Waals surface area contributed by atoms with Crippen molar-refractivity contribution < 1.29 is 9.26 Å². The molecule has 1 aromatic heterocycles. The fourth-order valence-corrected chi connectivity index (χ4v) is 5.11. The molecule has 1 aliphatic heterocycles. The minimum atomic E-state index is 0.338. The summed E-state index contributed by atoms with van der Waals surface area (Å²) in [5.41, 5.74) is 1.26. The summed E-state index contributed by atoms with van der Waals surface area (Å²) in [6.07, 6.45) is 8.51. The number of aliphatic imine (C=N–C) groups is 1. The van der Waals surface area contributed by atoms with Crippen molar-refractivity contribution in [2.24, 2.45) is 16.3 Å². The monoisotopic (exact) mass is 332 g/mol. The molecule has 6 heteroatoms. The van der Waals surface area contributed by atoms with Gasteiger partial charge in [-0.2, -0.15) is 0 Å². The second kappa shape index (κ2) is 6.39. The van der Waals surface area contributed by atoms with Crippen molar-refractivity contribution in [1.29, 1.82) is 0 Å². The van der Waals surface area contributed by atoms with E-state index < -0.39 is 0 Å². The van der Waals surface area contributed by atoms with Crippen LogP contribution in [0, 0.1) is 11.3 Å². The third kappa shape index (κ3) is 2.51. The van der Waals surface area contributed by atoms with Crippen LogP contribution in [0.1, 0.15) is 44.7 Å². The van der Waals surface area contributed by atoms with E-state index in [9.17, 15) is 0 Å². The highest BCUT2D eigenvalue weighted by atomic mass is 16.5. The van der Waals surface area contributed by atoms with E-state index in [2.05, 4.69) is 29.3 Å². The number of aromatic nitrogens is 1. The Kier molecular flexibility index (Phi) is 4.24. The summed E-state index contributed by atoms with van der Waals surface area (Å²) in [5, 5.41) is 7.83. The van der Waals surface area contributed by atoms with Gasteiger partial charge in [-0.3, -0.25) is 4.99 Å². The second-order valence-electron chi connectivity index (χ2n) is 7.45. The fourth-order valence-electron chi connectivity index (χ4n) is 5.11. The van der Waals surface area contributed by atoms with Crippen molar-refractivity contribution in [1.82, 2.24) is 15.4 Å². The van der Waals surface area contributed by atoms with Crippen LogP contribution in [0.15, 0.2) is 21.8 Å². The van der Waals surface area contributed by atoms with Gasteiger partial charge in [-0.05, 0) is 26.2 Å². The maximum Gasteiger partial charge on any atom is 0.194 e. The maximum atomic E-state index is 6.09. The first-order valence-electron chi connectivity index (χ1n) is 9.27. The number of nitrogens with zero attached hydrogens (tertiary/aromatic N) is 3. The van der Waals surface area contributed by atoms with Gasteiger partial charge < -0.3 is 19.5 Å². The lowest BCUT2D eigenvalue weighted by atomic mass is 9.54. The van der Waals surface area contributed by atoms with Crippen LogP contribution in [0.25, 0.3) is 0 Å². The molecule has 24 heavy (non-hydrogen) atoms. The molecule has 3 unspecified atom stereocenters. The van der Waals surface area contributed by atoms with E-state index in [1.807, 2.05) is 6.07 Å². The number of guanidine groups is 1. The van der Waals surface area contributed by atoms with Crippen molar-refractivity contribution in [3.8, 4) is 0 Å². The molecule has 1 aromatic rings. The van der Waals surface area contributed by atoms with Crippen molar-refractivity contribution in [2.75, 3.05) is 20.2 Å². The third-order valence-corrected chi connectivity index (χ3v) is 6.13. The third-order valence-electron chi connectivity index (χ3n) is 6.13. The number of ether oxygens (including phenoxy) is 1. The molecule has 0 radical (unpaired) electrons. The van der Waals surface area contributed by atoms with Crippen molar-refractivity contribution in [3.63, 3.8) is 0 Å². The average Bonchev–Trinajstić information content (AvgIpc) is 3.30. The van der Waals surface area contributed by atoms with Crippen LogP contribution in [0.5, 0.6) is 0 Å². The number of rotatable bonds is 4. The van der Waals surface area contributed by atoms with Crippen LogP contribution in [0.2, 0.25) is 0 Å². The van der Waals surface area contributed by atoms with E-state index in [0.717, 1.165) is 24.8 Å². The Morgan fingerprint density at radius 2 is 2.29 bits per heavy atom. The van der Waals surface area contributed by atoms with Gasteiger partial charge in [0.2, 0.25) is 0 Å². The van der Waals surface area contributed by atoms with Crippen LogP contribution in [0.3, 0.4) is 0 Å². The number of hydrogen-bond donors (Lipinski definition) is 1. The van der Waals surface area contributed by atoms with Gasteiger partial charge in [0.25, 0.3) is 0 Å². The van der Waals surface area contributed by atoms with Crippen molar-refractivity contribution in [3.05, 3.63) is 18.0 Å². The molecular formula is C18H28N4O2. The highest BCUT2D eigenvalue weighted by Gasteiger charge is 2.65. The molecule has 132 valence electrons. The summed E-state index contributed by atoms with van der Waals surface area (Å²) in [6, 6.07) is 2.40. The SMILES string of the molecule is CCN=C(NC1C2CCOC2C12CCCC2)N(C)Cc1ccon1. The molecular weight excluding hydrogens is 304 g/mol. The Morgan fingerprint density at radius 3 is 3.00 bits per heavy atom.